The van der Waals surface area contributed by atoms with Crippen LogP contribution in [0.4, 0.5) is 0 Å². The molecule has 0 fully saturated rings. The van der Waals surface area contributed by atoms with Gasteiger partial charge in [0.1, 0.15) is 11.2 Å². The first-order chi connectivity index (χ1) is 8.95. The van der Waals surface area contributed by atoms with E-state index in [-0.39, 0.29) is 0 Å². The highest BCUT2D eigenvalue weighted by molar-refractivity contribution is 5.17. The average molecular weight is 284 g/mol. The summed E-state index contributed by atoms with van der Waals surface area (Å²) in [6, 6.07) is 3.76. The Morgan fingerprint density at radius 1 is 0.750 bits per heavy atom. The Morgan fingerprint density at radius 2 is 1.00 bits per heavy atom. The second kappa shape index (κ2) is 5.81. The molecular weight excluding hydrogens is 264 g/mol. The third-order valence-electron chi connectivity index (χ3n) is 3.69. The van der Waals surface area contributed by atoms with Gasteiger partial charge < -0.3 is 0 Å². The van der Waals surface area contributed by atoms with Gasteiger partial charge in [0, 0.05) is 0 Å². The molecule has 2 atom stereocenters. The van der Waals surface area contributed by atoms with Crippen LogP contribution in [0.1, 0.15) is 41.5 Å². The molecule has 0 saturated heterocycles. The first-order valence-corrected chi connectivity index (χ1v) is 5.87. The summed E-state index contributed by atoms with van der Waals surface area (Å²) in [5.74, 6) is 0. The number of hydrogen-bond donors (Lipinski definition) is 2. The second-order valence-corrected chi connectivity index (χ2v) is 5.77. The van der Waals surface area contributed by atoms with E-state index in [1.54, 1.807) is 0 Å². The van der Waals surface area contributed by atoms with E-state index in [1.807, 2.05) is 12.1 Å². The Morgan fingerprint density at radius 3 is 1.15 bits per heavy atom. The van der Waals surface area contributed by atoms with E-state index in [0.29, 0.717) is 0 Å². The molecule has 0 aromatic carbocycles. The van der Waals surface area contributed by atoms with Crippen molar-refractivity contribution in [3.05, 3.63) is 0 Å². The Kier molecular flexibility index (Phi) is 5.36. The van der Waals surface area contributed by atoms with E-state index in [2.05, 4.69) is 20.0 Å². The van der Waals surface area contributed by atoms with Crippen LogP contribution in [-0.2, 0) is 9.78 Å². The largest absolute Gasteiger partial charge is 0.251 e. The van der Waals surface area contributed by atoms with Crippen molar-refractivity contribution in [2.24, 2.45) is 10.2 Å². The molecule has 0 aromatic rings. The van der Waals surface area contributed by atoms with Crippen molar-refractivity contribution in [3.63, 3.8) is 0 Å². The van der Waals surface area contributed by atoms with Gasteiger partial charge in [-0.15, -0.1) is 0 Å². The van der Waals surface area contributed by atoms with E-state index in [0.717, 1.165) is 0 Å². The Balaban J connectivity index is 5.69. The molecule has 20 heavy (non-hydrogen) atoms. The minimum absolute atomic E-state index is 1.34. The molecule has 112 valence electrons. The van der Waals surface area contributed by atoms with Gasteiger partial charge in [0.25, 0.3) is 0 Å². The number of rotatable bonds is 6. The van der Waals surface area contributed by atoms with Crippen LogP contribution in [0.25, 0.3) is 0 Å². The molecule has 2 unspecified atom stereocenters. The fraction of sp³-hybridized carbons (Fsp3) is 0.833. The fourth-order valence-electron chi connectivity index (χ4n) is 0.933. The van der Waals surface area contributed by atoms with Crippen LogP contribution >= 0.6 is 0 Å². The van der Waals surface area contributed by atoms with E-state index in [1.165, 1.54) is 41.5 Å². The predicted octanol–water partition coefficient (Wildman–Crippen LogP) is 2.54. The lowest BCUT2D eigenvalue weighted by molar-refractivity contribution is -0.326. The first-order valence-electron chi connectivity index (χ1n) is 5.87. The van der Waals surface area contributed by atoms with Gasteiger partial charge in [0.2, 0.25) is 0 Å². The summed E-state index contributed by atoms with van der Waals surface area (Å²) in [5, 5.41) is 43.9. The van der Waals surface area contributed by atoms with Crippen molar-refractivity contribution < 1.29 is 20.3 Å². The van der Waals surface area contributed by atoms with Gasteiger partial charge in [0.15, 0.2) is 11.1 Å². The highest BCUT2D eigenvalue weighted by atomic mass is 17.1. The molecule has 0 amide bonds. The van der Waals surface area contributed by atoms with E-state index < -0.39 is 22.3 Å². The maximum Gasteiger partial charge on any atom is 0.195 e. The zero-order chi connectivity index (χ0) is 16.2. The fourth-order valence-corrected chi connectivity index (χ4v) is 0.933. The Hall–Kier alpha value is -1.58. The summed E-state index contributed by atoms with van der Waals surface area (Å²) in [6.45, 7) is 8.60. The maximum absolute atomic E-state index is 9.22. The third-order valence-corrected chi connectivity index (χ3v) is 3.69. The van der Waals surface area contributed by atoms with Crippen LogP contribution in [0.3, 0.4) is 0 Å². The molecule has 0 bridgehead atoms. The molecule has 0 aliphatic rings. The maximum atomic E-state index is 9.22. The summed E-state index contributed by atoms with van der Waals surface area (Å²) >= 11 is 0. The first kappa shape index (κ1) is 18.4. The summed E-state index contributed by atoms with van der Waals surface area (Å²) in [5.41, 5.74) is -5.76. The molecule has 0 rings (SSSR count). The SMILES string of the molecule is CC(C#N)(N=NC(C)(C#N)C(C)(C)OO)C(C)(C)OO. The van der Waals surface area contributed by atoms with Crippen LogP contribution in [0.2, 0.25) is 0 Å². The Bertz CT molecular complexity index is 421. The summed E-state index contributed by atoms with van der Waals surface area (Å²) < 4.78 is 0. The molecule has 0 spiro atoms. The van der Waals surface area contributed by atoms with Gasteiger partial charge in [-0.2, -0.15) is 20.8 Å². The van der Waals surface area contributed by atoms with Crippen molar-refractivity contribution in [1.29, 1.82) is 10.5 Å². The smallest absolute Gasteiger partial charge is 0.195 e. The van der Waals surface area contributed by atoms with Gasteiger partial charge in [-0.25, -0.2) is 9.78 Å². The number of nitrogens with zero attached hydrogens (tertiary/aromatic N) is 4. The molecule has 0 saturated carbocycles. The summed E-state index contributed by atoms with van der Waals surface area (Å²) in [7, 11) is 0. The molecule has 0 aliphatic heterocycles. The van der Waals surface area contributed by atoms with Crippen molar-refractivity contribution in [3.8, 4) is 12.1 Å². The third kappa shape index (κ3) is 3.11. The normalized spacial score (nSPS) is 18.9. The lowest BCUT2D eigenvalue weighted by Crippen LogP contribution is -2.49. The van der Waals surface area contributed by atoms with E-state index >= 15 is 0 Å². The number of nitriles is 2. The van der Waals surface area contributed by atoms with Gasteiger partial charge in [-0.1, -0.05) is 0 Å². The lowest BCUT2D eigenvalue weighted by Gasteiger charge is -2.34. The van der Waals surface area contributed by atoms with Crippen LogP contribution in [0, 0.1) is 22.7 Å². The zero-order valence-corrected chi connectivity index (χ0v) is 12.5. The Labute approximate surface area is 118 Å². The topological polar surface area (TPSA) is 131 Å². The van der Waals surface area contributed by atoms with E-state index in [9.17, 15) is 10.5 Å². The highest BCUT2D eigenvalue weighted by Crippen LogP contribution is 2.33. The molecular formula is C12H20N4O4. The van der Waals surface area contributed by atoms with Crippen molar-refractivity contribution in [2.45, 2.75) is 63.8 Å². The minimum atomic E-state index is -1.54. The summed E-state index contributed by atoms with van der Waals surface area (Å²) in [4.78, 5) is 8.53. The molecule has 0 radical (unpaired) electrons. The molecule has 0 heterocycles. The molecule has 0 aliphatic carbocycles. The van der Waals surface area contributed by atoms with Crippen LogP contribution < -0.4 is 0 Å². The van der Waals surface area contributed by atoms with Crippen LogP contribution in [0.5, 0.6) is 0 Å². The minimum Gasteiger partial charge on any atom is -0.251 e. The predicted molar refractivity (Wildman–Crippen MR) is 68.5 cm³/mol. The molecule has 8 nitrogen and oxygen atoms in total. The van der Waals surface area contributed by atoms with Crippen LogP contribution in [-0.4, -0.2) is 32.8 Å². The van der Waals surface area contributed by atoms with Gasteiger partial charge in [-0.3, -0.25) is 10.5 Å². The lowest BCUT2D eigenvalue weighted by atomic mass is 9.85. The average Bonchev–Trinajstić information content (AvgIpc) is 2.43. The number of hydrogen-bond acceptors (Lipinski definition) is 8. The molecule has 2 N–H and O–H groups in total. The van der Waals surface area contributed by atoms with Gasteiger partial charge in [0.05, 0.1) is 12.1 Å². The quantitative estimate of drug-likeness (QED) is 0.437. The van der Waals surface area contributed by atoms with Crippen LogP contribution in [0.15, 0.2) is 10.2 Å². The molecule has 8 heteroatoms. The standard InChI is InChI=1S/C12H20N4O4/c1-9(2,19-17)11(5,7-13)15-16-12(6,8-14)10(3,4)20-18/h17-18H,1-6H3. The van der Waals surface area contributed by atoms with Gasteiger partial charge >= 0.3 is 0 Å². The van der Waals surface area contributed by atoms with Crippen molar-refractivity contribution in [2.75, 3.05) is 0 Å². The highest BCUT2D eigenvalue weighted by Gasteiger charge is 2.48. The monoisotopic (exact) mass is 284 g/mol. The zero-order valence-electron chi connectivity index (χ0n) is 12.5. The van der Waals surface area contributed by atoms with E-state index in [4.69, 9.17) is 10.5 Å². The number of azo groups is 1. The second-order valence-electron chi connectivity index (χ2n) is 5.77. The van der Waals surface area contributed by atoms with Crippen molar-refractivity contribution in [1.82, 2.24) is 0 Å². The van der Waals surface area contributed by atoms with Gasteiger partial charge in [-0.05, 0) is 41.5 Å². The molecule has 0 aromatic heterocycles. The summed E-state index contributed by atoms with van der Waals surface area (Å²) in [6.07, 6.45) is 0. The van der Waals surface area contributed by atoms with Crippen molar-refractivity contribution >= 4 is 0 Å².